The fraction of sp³-hybridized carbons (Fsp3) is 1.00. The molecule has 1 saturated heterocycles. The Labute approximate surface area is 60.8 Å². The van der Waals surface area contributed by atoms with Gasteiger partial charge in [0.05, 0.1) is 0 Å². The quantitative estimate of drug-likeness (QED) is 0.402. The summed E-state index contributed by atoms with van der Waals surface area (Å²) in [5.74, 6) is 0. The van der Waals surface area contributed by atoms with Gasteiger partial charge in [0.15, 0.2) is 0 Å². The van der Waals surface area contributed by atoms with Crippen molar-refractivity contribution in [2.24, 2.45) is 0 Å². The van der Waals surface area contributed by atoms with Crippen LogP contribution in [0.15, 0.2) is 0 Å². The molecule has 0 amide bonds. The Balaban J connectivity index is 2.06. The zero-order valence-corrected chi connectivity index (χ0v) is 7.14. The number of halogens is 1. The summed E-state index contributed by atoms with van der Waals surface area (Å²) in [6, 6.07) is 0. The maximum absolute atomic E-state index is 5.10. The summed E-state index contributed by atoms with van der Waals surface area (Å²) in [5, 5.41) is 3.30. The van der Waals surface area contributed by atoms with Gasteiger partial charge in [0.1, 0.15) is 0 Å². The second kappa shape index (κ2) is 3.63. The van der Waals surface area contributed by atoms with Crippen LogP contribution >= 0.6 is 0 Å². The normalized spacial score (nSPS) is 29.4. The fourth-order valence-electron chi connectivity index (χ4n) is 0.821. The van der Waals surface area contributed by atoms with Crippen LogP contribution in [-0.4, -0.2) is 24.1 Å². The van der Waals surface area contributed by atoms with E-state index >= 15 is 0 Å². The summed E-state index contributed by atoms with van der Waals surface area (Å²) < 4.78 is 5.98. The molecule has 0 saturated carbocycles. The molecule has 1 aliphatic heterocycles. The van der Waals surface area contributed by atoms with Gasteiger partial charge in [-0.2, -0.15) is 0 Å². The van der Waals surface area contributed by atoms with Crippen LogP contribution < -0.4 is 26.9 Å². The third-order valence-corrected chi connectivity index (χ3v) is 3.51. The van der Waals surface area contributed by atoms with Crippen LogP contribution in [0.1, 0.15) is 6.42 Å². The molecule has 1 heterocycles. The van der Waals surface area contributed by atoms with Crippen molar-refractivity contribution in [2.75, 3.05) is 20.2 Å². The number of nitrogens with one attached hydrogen (secondary N) is 1. The van der Waals surface area contributed by atoms with Crippen LogP contribution in [0.3, 0.4) is 0 Å². The Bertz CT molecular complexity index is 63.4. The molecule has 1 atom stereocenters. The molecule has 3 heteroatoms. The van der Waals surface area contributed by atoms with E-state index < -0.39 is 0 Å². The van der Waals surface area contributed by atoms with Crippen LogP contribution in [0, 0.1) is 0 Å². The van der Waals surface area contributed by atoms with Crippen LogP contribution in [0.25, 0.3) is 0 Å². The SMILES string of the molecule is CO[I-][C@@H]1CCNC1. The summed E-state index contributed by atoms with van der Waals surface area (Å²) in [5.41, 5.74) is 0. The zero-order chi connectivity index (χ0) is 5.82. The third kappa shape index (κ3) is 1.87. The van der Waals surface area contributed by atoms with E-state index in [9.17, 15) is 0 Å². The molecule has 0 aromatic rings. The van der Waals surface area contributed by atoms with Gasteiger partial charge >= 0.3 is 60.5 Å². The molecule has 0 aromatic carbocycles. The van der Waals surface area contributed by atoms with Crippen molar-refractivity contribution in [3.8, 4) is 0 Å². The first-order valence-electron chi connectivity index (χ1n) is 2.80. The molecular formula is C5H11INO-. The van der Waals surface area contributed by atoms with Gasteiger partial charge in [-0.3, -0.25) is 0 Å². The van der Waals surface area contributed by atoms with E-state index in [4.69, 9.17) is 3.07 Å². The number of alkyl halides is 1. The van der Waals surface area contributed by atoms with Crippen molar-refractivity contribution >= 4 is 0 Å². The van der Waals surface area contributed by atoms with Crippen LogP contribution in [0.2, 0.25) is 0 Å². The molecule has 2 nitrogen and oxygen atoms in total. The van der Waals surface area contributed by atoms with Gasteiger partial charge in [-0.05, 0) is 0 Å². The Hall–Kier alpha value is 0.650. The summed E-state index contributed by atoms with van der Waals surface area (Å²) >= 11 is 0.0619. The van der Waals surface area contributed by atoms with Gasteiger partial charge in [-0.1, -0.05) is 0 Å². The Kier molecular flexibility index (Phi) is 3.07. The van der Waals surface area contributed by atoms with Crippen LogP contribution in [0.5, 0.6) is 0 Å². The van der Waals surface area contributed by atoms with E-state index in [1.807, 2.05) is 7.11 Å². The van der Waals surface area contributed by atoms with Gasteiger partial charge < -0.3 is 0 Å². The van der Waals surface area contributed by atoms with Gasteiger partial charge in [-0.15, -0.1) is 0 Å². The molecule has 0 bridgehead atoms. The molecule has 1 N–H and O–H groups in total. The summed E-state index contributed by atoms with van der Waals surface area (Å²) in [4.78, 5) is 0. The third-order valence-electron chi connectivity index (χ3n) is 1.22. The Morgan fingerprint density at radius 1 is 1.75 bits per heavy atom. The first-order chi connectivity index (χ1) is 3.93. The first-order valence-corrected chi connectivity index (χ1v) is 4.93. The minimum atomic E-state index is 0.0619. The molecule has 0 radical (unpaired) electrons. The fourth-order valence-corrected chi connectivity index (χ4v) is 2.60. The van der Waals surface area contributed by atoms with E-state index in [2.05, 4.69) is 5.32 Å². The molecule has 0 aliphatic carbocycles. The van der Waals surface area contributed by atoms with Crippen molar-refractivity contribution in [2.45, 2.75) is 10.3 Å². The van der Waals surface area contributed by atoms with E-state index in [-0.39, 0.29) is 21.6 Å². The molecule has 0 spiro atoms. The second-order valence-corrected chi connectivity index (χ2v) is 4.98. The topological polar surface area (TPSA) is 21.3 Å². The van der Waals surface area contributed by atoms with Crippen LogP contribution in [-0.2, 0) is 3.07 Å². The van der Waals surface area contributed by atoms with Crippen molar-refractivity contribution < 1.29 is 24.7 Å². The predicted octanol–water partition coefficient (Wildman–Crippen LogP) is -3.00. The molecule has 50 valence electrons. The van der Waals surface area contributed by atoms with Crippen molar-refractivity contribution in [1.82, 2.24) is 5.32 Å². The minimum absolute atomic E-state index is 0.0619. The summed E-state index contributed by atoms with van der Waals surface area (Å²) in [6.45, 7) is 2.40. The molecule has 1 aliphatic rings. The Morgan fingerprint density at radius 3 is 3.12 bits per heavy atom. The molecule has 1 fully saturated rings. The summed E-state index contributed by atoms with van der Waals surface area (Å²) in [7, 11) is 1.81. The zero-order valence-electron chi connectivity index (χ0n) is 4.98. The molecule has 0 unspecified atom stereocenters. The van der Waals surface area contributed by atoms with Gasteiger partial charge in [0, 0.05) is 0 Å². The molecule has 1 rings (SSSR count). The van der Waals surface area contributed by atoms with E-state index in [0.29, 0.717) is 0 Å². The maximum atomic E-state index is 5.10. The first kappa shape index (κ1) is 6.77. The molecule has 8 heavy (non-hydrogen) atoms. The molecule has 0 aromatic heterocycles. The van der Waals surface area contributed by atoms with Gasteiger partial charge in [0.2, 0.25) is 0 Å². The summed E-state index contributed by atoms with van der Waals surface area (Å²) in [6.07, 6.45) is 1.33. The standard InChI is InChI=1S/C5H11INO/c1-8-6-5-2-3-7-4-5/h5,7H,2-4H2,1H3/q-1/t5-/m1/s1. The van der Waals surface area contributed by atoms with E-state index in [1.165, 1.54) is 19.5 Å². The molecular weight excluding hydrogens is 217 g/mol. The predicted molar refractivity (Wildman–Crippen MR) is 28.3 cm³/mol. The van der Waals surface area contributed by atoms with Crippen molar-refractivity contribution in [3.63, 3.8) is 0 Å². The average Bonchev–Trinajstić information content (AvgIpc) is 2.19. The van der Waals surface area contributed by atoms with E-state index in [0.717, 1.165) is 3.92 Å². The van der Waals surface area contributed by atoms with Crippen LogP contribution in [0.4, 0.5) is 0 Å². The average molecular weight is 228 g/mol. The number of rotatable bonds is 2. The number of hydrogen-bond acceptors (Lipinski definition) is 2. The van der Waals surface area contributed by atoms with Gasteiger partial charge in [-0.25, -0.2) is 0 Å². The monoisotopic (exact) mass is 228 g/mol. The number of hydrogen-bond donors (Lipinski definition) is 1. The second-order valence-electron chi connectivity index (χ2n) is 1.83. The van der Waals surface area contributed by atoms with Gasteiger partial charge in [0.25, 0.3) is 0 Å². The van der Waals surface area contributed by atoms with E-state index in [1.54, 1.807) is 0 Å². The Morgan fingerprint density at radius 2 is 2.62 bits per heavy atom. The van der Waals surface area contributed by atoms with Crippen molar-refractivity contribution in [3.05, 3.63) is 0 Å². The van der Waals surface area contributed by atoms with Crippen molar-refractivity contribution in [1.29, 1.82) is 0 Å².